The summed E-state index contributed by atoms with van der Waals surface area (Å²) in [6.45, 7) is 6.46. The standard InChI is InChI=1S/C14H25NO2S/c1-4-18(16,17)15-14-7-11-5-12(2,9-14)8-13(3,6-11)10-14/h11,15H,4-10H2,1-3H3. The summed E-state index contributed by atoms with van der Waals surface area (Å²) in [5.74, 6) is 0.933. The number of hydrogen-bond acceptors (Lipinski definition) is 2. The van der Waals surface area contributed by atoms with E-state index in [2.05, 4.69) is 18.6 Å². The van der Waals surface area contributed by atoms with Gasteiger partial charge in [-0.15, -0.1) is 0 Å². The van der Waals surface area contributed by atoms with Gasteiger partial charge in [0.05, 0.1) is 5.75 Å². The first-order valence-electron chi connectivity index (χ1n) is 7.19. The van der Waals surface area contributed by atoms with Crippen LogP contribution in [0.3, 0.4) is 0 Å². The van der Waals surface area contributed by atoms with E-state index >= 15 is 0 Å². The van der Waals surface area contributed by atoms with Crippen LogP contribution in [-0.4, -0.2) is 19.7 Å². The summed E-state index contributed by atoms with van der Waals surface area (Å²) in [7, 11) is -3.09. The molecule has 0 aromatic rings. The molecule has 4 fully saturated rings. The molecule has 4 bridgehead atoms. The Hall–Kier alpha value is -0.0900. The van der Waals surface area contributed by atoms with Crippen molar-refractivity contribution in [3.8, 4) is 0 Å². The third kappa shape index (κ3) is 2.01. The van der Waals surface area contributed by atoms with Crippen molar-refractivity contribution in [2.75, 3.05) is 5.75 Å². The van der Waals surface area contributed by atoms with Gasteiger partial charge in [0.2, 0.25) is 10.0 Å². The minimum Gasteiger partial charge on any atom is -0.212 e. The molecule has 4 aliphatic carbocycles. The van der Waals surface area contributed by atoms with E-state index in [9.17, 15) is 8.42 Å². The maximum absolute atomic E-state index is 12.0. The highest BCUT2D eigenvalue weighted by atomic mass is 32.2. The Morgan fingerprint density at radius 1 is 1.06 bits per heavy atom. The fourth-order valence-electron chi connectivity index (χ4n) is 5.96. The monoisotopic (exact) mass is 271 g/mol. The van der Waals surface area contributed by atoms with Crippen LogP contribution in [0.2, 0.25) is 0 Å². The summed E-state index contributed by atoms with van der Waals surface area (Å²) in [4.78, 5) is 0. The van der Waals surface area contributed by atoms with Gasteiger partial charge in [0, 0.05) is 5.54 Å². The van der Waals surface area contributed by atoms with Gasteiger partial charge >= 0.3 is 0 Å². The van der Waals surface area contributed by atoms with Gasteiger partial charge in [0.25, 0.3) is 0 Å². The van der Waals surface area contributed by atoms with Crippen LogP contribution in [-0.2, 0) is 10.0 Å². The summed E-state index contributed by atoms with van der Waals surface area (Å²) in [6, 6.07) is 0. The Morgan fingerprint density at radius 2 is 1.61 bits per heavy atom. The predicted octanol–water partition coefficient (Wildman–Crippen LogP) is 2.67. The van der Waals surface area contributed by atoms with Gasteiger partial charge < -0.3 is 0 Å². The Morgan fingerprint density at radius 3 is 2.06 bits per heavy atom. The van der Waals surface area contributed by atoms with Crippen LogP contribution in [0.5, 0.6) is 0 Å². The number of rotatable bonds is 3. The molecule has 0 aliphatic heterocycles. The van der Waals surface area contributed by atoms with Crippen molar-refractivity contribution in [3.05, 3.63) is 0 Å². The van der Waals surface area contributed by atoms with Crippen LogP contribution in [0.4, 0.5) is 0 Å². The van der Waals surface area contributed by atoms with Gasteiger partial charge in [-0.1, -0.05) is 13.8 Å². The number of sulfonamides is 1. The van der Waals surface area contributed by atoms with Crippen LogP contribution in [0.25, 0.3) is 0 Å². The van der Waals surface area contributed by atoms with Crippen LogP contribution < -0.4 is 4.72 Å². The van der Waals surface area contributed by atoms with E-state index in [4.69, 9.17) is 0 Å². The molecule has 2 unspecified atom stereocenters. The Balaban J connectivity index is 1.94. The van der Waals surface area contributed by atoms with Gasteiger partial charge in [0.1, 0.15) is 0 Å². The molecular formula is C14H25NO2S. The Labute approximate surface area is 111 Å². The van der Waals surface area contributed by atoms with Crippen LogP contribution >= 0.6 is 0 Å². The quantitative estimate of drug-likeness (QED) is 0.858. The molecular weight excluding hydrogens is 246 g/mol. The molecule has 0 amide bonds. The molecule has 0 aromatic heterocycles. The van der Waals surface area contributed by atoms with Crippen LogP contribution in [0.15, 0.2) is 0 Å². The first-order valence-corrected chi connectivity index (χ1v) is 8.84. The number of nitrogens with one attached hydrogen (secondary N) is 1. The molecule has 4 saturated carbocycles. The van der Waals surface area contributed by atoms with E-state index in [1.807, 2.05) is 0 Å². The van der Waals surface area contributed by atoms with Gasteiger partial charge in [-0.2, -0.15) is 0 Å². The largest absolute Gasteiger partial charge is 0.212 e. The smallest absolute Gasteiger partial charge is 0.211 e. The minimum atomic E-state index is -3.09. The van der Waals surface area contributed by atoms with E-state index in [0.29, 0.717) is 10.8 Å². The molecule has 4 rings (SSSR count). The lowest BCUT2D eigenvalue weighted by molar-refractivity contribution is -0.110. The second kappa shape index (κ2) is 3.51. The molecule has 2 atom stereocenters. The van der Waals surface area contributed by atoms with Crippen molar-refractivity contribution in [1.82, 2.24) is 4.72 Å². The SMILES string of the molecule is CCS(=O)(=O)NC12CC3CC(C)(CC(C)(C3)C1)C2. The number of hydrogen-bond donors (Lipinski definition) is 1. The second-order valence-corrected chi connectivity index (χ2v) is 9.93. The van der Waals surface area contributed by atoms with Crippen LogP contribution in [0.1, 0.15) is 59.3 Å². The topological polar surface area (TPSA) is 46.2 Å². The minimum absolute atomic E-state index is 0.127. The van der Waals surface area contributed by atoms with Crippen molar-refractivity contribution >= 4 is 10.0 Å². The fourth-order valence-corrected chi connectivity index (χ4v) is 7.00. The average molecular weight is 271 g/mol. The lowest BCUT2D eigenvalue weighted by atomic mass is 9.43. The third-order valence-electron chi connectivity index (χ3n) is 5.38. The van der Waals surface area contributed by atoms with E-state index in [0.717, 1.165) is 25.2 Å². The van der Waals surface area contributed by atoms with Crippen molar-refractivity contribution < 1.29 is 8.42 Å². The molecule has 4 aliphatic rings. The molecule has 0 aromatic carbocycles. The molecule has 0 radical (unpaired) electrons. The highest BCUT2D eigenvalue weighted by Gasteiger charge is 2.60. The molecule has 4 heteroatoms. The van der Waals surface area contributed by atoms with Crippen LogP contribution in [0, 0.1) is 16.7 Å². The normalized spacial score (nSPS) is 50.7. The summed E-state index contributed by atoms with van der Waals surface area (Å²) in [5.41, 5.74) is 0.604. The molecule has 0 saturated heterocycles. The van der Waals surface area contributed by atoms with Crippen molar-refractivity contribution in [1.29, 1.82) is 0 Å². The zero-order valence-electron chi connectivity index (χ0n) is 11.8. The van der Waals surface area contributed by atoms with E-state index in [1.165, 1.54) is 19.3 Å². The van der Waals surface area contributed by atoms with Gasteiger partial charge in [-0.3, -0.25) is 0 Å². The van der Waals surface area contributed by atoms with Gasteiger partial charge in [-0.05, 0) is 62.2 Å². The van der Waals surface area contributed by atoms with Gasteiger partial charge in [0.15, 0.2) is 0 Å². The van der Waals surface area contributed by atoms with Gasteiger partial charge in [-0.25, -0.2) is 13.1 Å². The molecule has 1 N–H and O–H groups in total. The third-order valence-corrected chi connectivity index (χ3v) is 6.88. The molecule has 18 heavy (non-hydrogen) atoms. The van der Waals surface area contributed by atoms with Crippen molar-refractivity contribution in [3.63, 3.8) is 0 Å². The van der Waals surface area contributed by atoms with Crippen molar-refractivity contribution in [2.24, 2.45) is 16.7 Å². The van der Waals surface area contributed by atoms with E-state index < -0.39 is 10.0 Å². The molecule has 0 spiro atoms. The zero-order valence-corrected chi connectivity index (χ0v) is 12.6. The summed E-state index contributed by atoms with van der Waals surface area (Å²) in [6.07, 6.45) is 7.05. The lowest BCUT2D eigenvalue weighted by Crippen LogP contribution is -2.65. The predicted molar refractivity (Wildman–Crippen MR) is 72.7 cm³/mol. The lowest BCUT2D eigenvalue weighted by Gasteiger charge is -2.65. The molecule has 0 heterocycles. The maximum atomic E-state index is 12.0. The van der Waals surface area contributed by atoms with E-state index in [-0.39, 0.29) is 11.3 Å². The summed E-state index contributed by atoms with van der Waals surface area (Å²) >= 11 is 0. The Kier molecular flexibility index (Phi) is 2.52. The zero-order chi connectivity index (χ0) is 13.2. The second-order valence-electron chi connectivity index (χ2n) is 7.92. The van der Waals surface area contributed by atoms with E-state index in [1.54, 1.807) is 6.92 Å². The average Bonchev–Trinajstić information content (AvgIpc) is 2.09. The highest BCUT2D eigenvalue weighted by Crippen LogP contribution is 2.66. The van der Waals surface area contributed by atoms with Crippen molar-refractivity contribution in [2.45, 2.75) is 64.8 Å². The highest BCUT2D eigenvalue weighted by molar-refractivity contribution is 7.89. The first kappa shape index (κ1) is 12.9. The molecule has 104 valence electrons. The fraction of sp³-hybridized carbons (Fsp3) is 1.00. The summed E-state index contributed by atoms with van der Waals surface area (Å²) in [5, 5.41) is 0. The maximum Gasteiger partial charge on any atom is 0.211 e. The summed E-state index contributed by atoms with van der Waals surface area (Å²) < 4.78 is 27.0. The Bertz CT molecular complexity index is 452. The first-order chi connectivity index (χ1) is 8.17. The molecule has 3 nitrogen and oxygen atoms in total.